The minimum absolute atomic E-state index is 0.0638. The van der Waals surface area contributed by atoms with Crippen LogP contribution < -0.4 is 10.1 Å². The number of esters is 1. The second kappa shape index (κ2) is 11.9. The number of amides is 3. The molecule has 3 amide bonds. The number of para-hydroxylation sites is 2. The van der Waals surface area contributed by atoms with Crippen LogP contribution >= 0.6 is 46.4 Å². The van der Waals surface area contributed by atoms with Crippen LogP contribution in [0, 0.1) is 0 Å². The van der Waals surface area contributed by atoms with Crippen LogP contribution in [-0.4, -0.2) is 48.9 Å². The summed E-state index contributed by atoms with van der Waals surface area (Å²) >= 11 is 24.2. The van der Waals surface area contributed by atoms with Gasteiger partial charge in [0.2, 0.25) is 0 Å². The molecule has 0 aromatic heterocycles. The standard InChI is InChI=1S/C23H20Cl4N2O6/c1-34-13-8-5-4-7-12(13)28-14(30)11-35-15(31)9-3-2-6-10-29-22(32)16-17(23(29)33)19(25)21(27)20(26)18(16)24/h4-5,7-8H,2-3,6,9-11H2,1H3,(H,28,30). The molecule has 0 aliphatic carbocycles. The van der Waals surface area contributed by atoms with Gasteiger partial charge >= 0.3 is 5.97 Å². The van der Waals surface area contributed by atoms with Crippen LogP contribution in [0.4, 0.5) is 5.69 Å². The van der Waals surface area contributed by atoms with Crippen molar-refractivity contribution in [2.75, 3.05) is 25.6 Å². The maximum Gasteiger partial charge on any atom is 0.306 e. The van der Waals surface area contributed by atoms with Crippen molar-refractivity contribution in [1.29, 1.82) is 0 Å². The summed E-state index contributed by atoms with van der Waals surface area (Å²) in [7, 11) is 1.48. The van der Waals surface area contributed by atoms with Gasteiger partial charge in [-0.25, -0.2) is 0 Å². The number of anilines is 1. The molecule has 2 aromatic rings. The largest absolute Gasteiger partial charge is 0.495 e. The van der Waals surface area contributed by atoms with Gasteiger partial charge in [0.05, 0.1) is 44.0 Å². The summed E-state index contributed by atoms with van der Waals surface area (Å²) < 4.78 is 10.1. The monoisotopic (exact) mass is 560 g/mol. The van der Waals surface area contributed by atoms with Gasteiger partial charge in [0, 0.05) is 13.0 Å². The lowest BCUT2D eigenvalue weighted by molar-refractivity contribution is -0.147. The third-order valence-electron chi connectivity index (χ3n) is 5.19. The molecule has 35 heavy (non-hydrogen) atoms. The average Bonchev–Trinajstić information content (AvgIpc) is 3.09. The fraction of sp³-hybridized carbons (Fsp3) is 0.304. The molecule has 1 aliphatic rings. The Kier molecular flexibility index (Phi) is 9.24. The van der Waals surface area contributed by atoms with Crippen molar-refractivity contribution < 1.29 is 28.7 Å². The molecule has 12 heteroatoms. The van der Waals surface area contributed by atoms with E-state index in [1.54, 1.807) is 24.3 Å². The summed E-state index contributed by atoms with van der Waals surface area (Å²) in [5.74, 6) is -1.75. The first-order valence-electron chi connectivity index (χ1n) is 10.5. The molecule has 0 bridgehead atoms. The van der Waals surface area contributed by atoms with Gasteiger partial charge < -0.3 is 14.8 Å². The summed E-state index contributed by atoms with van der Waals surface area (Å²) in [6.07, 6.45) is 1.48. The Labute approximate surface area is 221 Å². The van der Waals surface area contributed by atoms with Crippen molar-refractivity contribution in [1.82, 2.24) is 4.90 Å². The SMILES string of the molecule is COc1ccccc1NC(=O)COC(=O)CCCCCN1C(=O)c2c(Cl)c(Cl)c(Cl)c(Cl)c2C1=O. The maximum absolute atomic E-state index is 12.7. The molecule has 2 aromatic carbocycles. The van der Waals surface area contributed by atoms with E-state index in [0.29, 0.717) is 30.7 Å². The van der Waals surface area contributed by atoms with Gasteiger partial charge in [0.1, 0.15) is 5.75 Å². The Morgan fingerprint density at radius 1 is 0.886 bits per heavy atom. The number of carbonyl (C=O) groups excluding carboxylic acids is 4. The second-order valence-corrected chi connectivity index (χ2v) is 9.00. The average molecular weight is 562 g/mol. The van der Waals surface area contributed by atoms with E-state index in [-0.39, 0.29) is 44.2 Å². The number of halogens is 4. The van der Waals surface area contributed by atoms with E-state index in [9.17, 15) is 19.2 Å². The van der Waals surface area contributed by atoms with Gasteiger partial charge in [-0.15, -0.1) is 0 Å². The van der Waals surface area contributed by atoms with Crippen LogP contribution in [0.15, 0.2) is 24.3 Å². The van der Waals surface area contributed by atoms with Crippen LogP contribution in [0.1, 0.15) is 46.4 Å². The number of ether oxygens (including phenoxy) is 2. The normalized spacial score (nSPS) is 12.5. The number of unbranched alkanes of at least 4 members (excludes halogenated alkanes) is 2. The molecule has 1 N–H and O–H groups in total. The number of hydrogen-bond donors (Lipinski definition) is 1. The molecule has 0 spiro atoms. The first-order chi connectivity index (χ1) is 16.7. The number of carbonyl (C=O) groups is 4. The summed E-state index contributed by atoms with van der Waals surface area (Å²) in [4.78, 5) is 50.3. The molecule has 0 radical (unpaired) electrons. The van der Waals surface area contributed by atoms with Gasteiger partial charge in [0.15, 0.2) is 6.61 Å². The van der Waals surface area contributed by atoms with Gasteiger partial charge in [-0.3, -0.25) is 24.1 Å². The predicted octanol–water partition coefficient (Wildman–Crippen LogP) is 5.65. The molecular formula is C23H20Cl4N2O6. The van der Waals surface area contributed by atoms with Crippen molar-refractivity contribution >= 4 is 75.8 Å². The molecule has 1 aliphatic heterocycles. The smallest absolute Gasteiger partial charge is 0.306 e. The van der Waals surface area contributed by atoms with Crippen LogP contribution in [0.3, 0.4) is 0 Å². The van der Waals surface area contributed by atoms with Crippen LogP contribution in [0.25, 0.3) is 0 Å². The molecule has 3 rings (SSSR count). The van der Waals surface area contributed by atoms with Gasteiger partial charge in [0.25, 0.3) is 17.7 Å². The molecule has 8 nitrogen and oxygen atoms in total. The molecule has 0 saturated carbocycles. The number of rotatable bonds is 10. The first-order valence-corrected chi connectivity index (χ1v) is 12.0. The Bertz CT molecular complexity index is 1140. The summed E-state index contributed by atoms with van der Waals surface area (Å²) in [5.41, 5.74) is 0.341. The third kappa shape index (κ3) is 6.01. The van der Waals surface area contributed by atoms with E-state index in [1.807, 2.05) is 0 Å². The van der Waals surface area contributed by atoms with Crippen molar-refractivity contribution in [3.05, 3.63) is 55.5 Å². The van der Waals surface area contributed by atoms with E-state index < -0.39 is 30.3 Å². The van der Waals surface area contributed by atoms with E-state index >= 15 is 0 Å². The highest BCUT2D eigenvalue weighted by Crippen LogP contribution is 2.44. The number of methoxy groups -OCH3 is 1. The zero-order valence-corrected chi connectivity index (χ0v) is 21.5. The molecular weight excluding hydrogens is 542 g/mol. The minimum Gasteiger partial charge on any atom is -0.495 e. The van der Waals surface area contributed by atoms with Gasteiger partial charge in [-0.2, -0.15) is 0 Å². The number of hydrogen-bond acceptors (Lipinski definition) is 6. The predicted molar refractivity (Wildman–Crippen MR) is 133 cm³/mol. The highest BCUT2D eigenvalue weighted by molar-refractivity contribution is 6.55. The van der Waals surface area contributed by atoms with Crippen LogP contribution in [0.5, 0.6) is 5.75 Å². The molecule has 0 saturated heterocycles. The zero-order chi connectivity index (χ0) is 25.7. The maximum atomic E-state index is 12.7. The number of benzene rings is 2. The third-order valence-corrected chi connectivity index (χ3v) is 7.00. The second-order valence-electron chi connectivity index (χ2n) is 7.49. The highest BCUT2D eigenvalue weighted by atomic mass is 35.5. The van der Waals surface area contributed by atoms with E-state index in [4.69, 9.17) is 55.9 Å². The van der Waals surface area contributed by atoms with Crippen molar-refractivity contribution in [3.8, 4) is 5.75 Å². The number of imide groups is 1. The van der Waals surface area contributed by atoms with E-state index in [1.165, 1.54) is 7.11 Å². The van der Waals surface area contributed by atoms with E-state index in [2.05, 4.69) is 5.32 Å². The lowest BCUT2D eigenvalue weighted by atomic mass is 10.1. The fourth-order valence-corrected chi connectivity index (χ4v) is 4.48. The Morgan fingerprint density at radius 2 is 1.49 bits per heavy atom. The fourth-order valence-electron chi connectivity index (χ4n) is 3.47. The number of fused-ring (bicyclic) bond motifs is 1. The molecule has 0 atom stereocenters. The van der Waals surface area contributed by atoms with Gasteiger partial charge in [-0.1, -0.05) is 65.0 Å². The molecule has 0 fully saturated rings. The van der Waals surface area contributed by atoms with E-state index in [0.717, 1.165) is 4.90 Å². The topological polar surface area (TPSA) is 102 Å². The first kappa shape index (κ1) is 27.1. The summed E-state index contributed by atoms with van der Waals surface area (Å²) in [5, 5.41) is 2.20. The van der Waals surface area contributed by atoms with Crippen LogP contribution in [-0.2, 0) is 14.3 Å². The Hall–Kier alpha value is -2.52. The number of nitrogens with one attached hydrogen (secondary N) is 1. The van der Waals surface area contributed by atoms with Crippen LogP contribution in [0.2, 0.25) is 20.1 Å². The minimum atomic E-state index is -0.601. The Balaban J connectivity index is 1.41. The quantitative estimate of drug-likeness (QED) is 0.132. The molecule has 1 heterocycles. The Morgan fingerprint density at radius 3 is 2.09 bits per heavy atom. The lowest BCUT2D eigenvalue weighted by Crippen LogP contribution is -2.30. The van der Waals surface area contributed by atoms with Crippen molar-refractivity contribution in [2.45, 2.75) is 25.7 Å². The van der Waals surface area contributed by atoms with Crippen molar-refractivity contribution in [2.24, 2.45) is 0 Å². The summed E-state index contributed by atoms with van der Waals surface area (Å²) in [6.45, 7) is -0.330. The van der Waals surface area contributed by atoms with Gasteiger partial charge in [-0.05, 0) is 25.0 Å². The zero-order valence-electron chi connectivity index (χ0n) is 18.5. The highest BCUT2D eigenvalue weighted by Gasteiger charge is 2.41. The summed E-state index contributed by atoms with van der Waals surface area (Å²) in [6, 6.07) is 6.85. The lowest BCUT2D eigenvalue weighted by Gasteiger charge is -2.13. The molecule has 186 valence electrons. The molecule has 0 unspecified atom stereocenters. The van der Waals surface area contributed by atoms with Crippen molar-refractivity contribution in [3.63, 3.8) is 0 Å². The number of nitrogens with zero attached hydrogens (tertiary/aromatic N) is 1.